The maximum Gasteiger partial charge on any atom is 0.333 e. The van der Waals surface area contributed by atoms with E-state index in [2.05, 4.69) is 10.1 Å². The van der Waals surface area contributed by atoms with E-state index in [1.54, 1.807) is 6.92 Å². The van der Waals surface area contributed by atoms with Gasteiger partial charge < -0.3 is 10.1 Å². The van der Waals surface area contributed by atoms with Crippen LogP contribution in [0.5, 0.6) is 0 Å². The Morgan fingerprint density at radius 2 is 2.47 bits per heavy atom. The fraction of sp³-hybridized carbons (Fsp3) is 0.727. The van der Waals surface area contributed by atoms with Crippen LogP contribution in [0.3, 0.4) is 0 Å². The number of carbonyl (C=O) groups is 1. The largest absolute Gasteiger partial charge is 0.466 e. The van der Waals surface area contributed by atoms with Crippen molar-refractivity contribution < 1.29 is 9.53 Å². The molecular weight excluding hydrogens is 210 g/mol. The second-order valence-corrected chi connectivity index (χ2v) is 5.08. The monoisotopic (exact) mass is 229 g/mol. The SMILES string of the molecule is COC(=O)C(C)=CCNCC1CCCS1. The lowest BCUT2D eigenvalue weighted by Crippen LogP contribution is -2.23. The van der Waals surface area contributed by atoms with Crippen LogP contribution in [0.1, 0.15) is 19.8 Å². The third kappa shape index (κ3) is 4.71. The van der Waals surface area contributed by atoms with Gasteiger partial charge in [-0.15, -0.1) is 0 Å². The zero-order valence-electron chi connectivity index (χ0n) is 9.41. The third-order valence-corrected chi connectivity index (χ3v) is 3.85. The summed E-state index contributed by atoms with van der Waals surface area (Å²) >= 11 is 2.04. The van der Waals surface area contributed by atoms with Crippen LogP contribution in [0.25, 0.3) is 0 Å². The van der Waals surface area contributed by atoms with Gasteiger partial charge in [0.05, 0.1) is 7.11 Å². The molecule has 1 atom stereocenters. The molecule has 0 aromatic heterocycles. The maximum atomic E-state index is 11.0. The molecule has 86 valence electrons. The molecule has 0 aromatic carbocycles. The van der Waals surface area contributed by atoms with Gasteiger partial charge in [-0.25, -0.2) is 4.79 Å². The zero-order chi connectivity index (χ0) is 11.1. The standard InChI is InChI=1S/C11H19NO2S/c1-9(11(13)14-2)5-6-12-8-10-4-3-7-15-10/h5,10,12H,3-4,6-8H2,1-2H3. The van der Waals surface area contributed by atoms with Gasteiger partial charge >= 0.3 is 5.97 Å². The van der Waals surface area contributed by atoms with E-state index >= 15 is 0 Å². The van der Waals surface area contributed by atoms with E-state index in [1.165, 1.54) is 25.7 Å². The minimum Gasteiger partial charge on any atom is -0.466 e. The topological polar surface area (TPSA) is 38.3 Å². The normalized spacial score (nSPS) is 21.7. The van der Waals surface area contributed by atoms with Crippen LogP contribution in [-0.4, -0.2) is 37.2 Å². The summed E-state index contributed by atoms with van der Waals surface area (Å²) in [5.41, 5.74) is 0.670. The third-order valence-electron chi connectivity index (χ3n) is 2.46. The summed E-state index contributed by atoms with van der Waals surface area (Å²) < 4.78 is 4.60. The first kappa shape index (κ1) is 12.6. The van der Waals surface area contributed by atoms with Crippen LogP contribution in [0.2, 0.25) is 0 Å². The first-order valence-electron chi connectivity index (χ1n) is 5.31. The Kier molecular flexibility index (Phi) is 5.79. The van der Waals surface area contributed by atoms with E-state index in [0.717, 1.165) is 18.3 Å². The van der Waals surface area contributed by atoms with Crippen LogP contribution < -0.4 is 5.32 Å². The number of hydrogen-bond acceptors (Lipinski definition) is 4. The van der Waals surface area contributed by atoms with E-state index < -0.39 is 0 Å². The van der Waals surface area contributed by atoms with Crippen LogP contribution >= 0.6 is 11.8 Å². The lowest BCUT2D eigenvalue weighted by atomic mass is 10.2. The van der Waals surface area contributed by atoms with Gasteiger partial charge in [-0.3, -0.25) is 0 Å². The summed E-state index contributed by atoms with van der Waals surface area (Å²) in [5.74, 6) is 1.05. The van der Waals surface area contributed by atoms with Crippen LogP contribution in [-0.2, 0) is 9.53 Å². The second-order valence-electron chi connectivity index (χ2n) is 3.67. The van der Waals surface area contributed by atoms with Gasteiger partial charge in [0.1, 0.15) is 0 Å². The molecule has 0 bridgehead atoms. The number of thioether (sulfide) groups is 1. The molecule has 4 heteroatoms. The molecule has 0 aliphatic carbocycles. The molecule has 3 nitrogen and oxygen atoms in total. The number of carbonyl (C=O) groups excluding carboxylic acids is 1. The molecule has 0 radical (unpaired) electrons. The number of methoxy groups -OCH3 is 1. The molecular formula is C11H19NO2S. The Hall–Kier alpha value is -0.480. The summed E-state index contributed by atoms with van der Waals surface area (Å²) in [6.07, 6.45) is 4.54. The smallest absolute Gasteiger partial charge is 0.333 e. The number of esters is 1. The van der Waals surface area contributed by atoms with Gasteiger partial charge in [0.25, 0.3) is 0 Å². The molecule has 1 fully saturated rings. The maximum absolute atomic E-state index is 11.0. The molecule has 1 rings (SSSR count). The number of rotatable bonds is 5. The number of hydrogen-bond donors (Lipinski definition) is 1. The average Bonchev–Trinajstić information content (AvgIpc) is 2.75. The second kappa shape index (κ2) is 6.90. The first-order valence-corrected chi connectivity index (χ1v) is 6.36. The predicted octanol–water partition coefficient (Wildman–Crippen LogP) is 1.59. The Bertz CT molecular complexity index is 235. The molecule has 0 aromatic rings. The van der Waals surface area contributed by atoms with Crippen molar-refractivity contribution in [3.63, 3.8) is 0 Å². The molecule has 1 N–H and O–H groups in total. The minimum absolute atomic E-state index is 0.243. The molecule has 1 aliphatic rings. The molecule has 0 spiro atoms. The highest BCUT2D eigenvalue weighted by Crippen LogP contribution is 2.25. The fourth-order valence-electron chi connectivity index (χ4n) is 1.52. The van der Waals surface area contributed by atoms with Crippen molar-refractivity contribution in [1.82, 2.24) is 5.32 Å². The molecule has 1 unspecified atom stereocenters. The van der Waals surface area contributed by atoms with E-state index in [0.29, 0.717) is 5.57 Å². The van der Waals surface area contributed by atoms with Gasteiger partial charge in [0.2, 0.25) is 0 Å². The van der Waals surface area contributed by atoms with Crippen molar-refractivity contribution in [2.45, 2.75) is 25.0 Å². The van der Waals surface area contributed by atoms with E-state index in [-0.39, 0.29) is 5.97 Å². The Morgan fingerprint density at radius 1 is 1.67 bits per heavy atom. The van der Waals surface area contributed by atoms with E-state index in [1.807, 2.05) is 17.8 Å². The van der Waals surface area contributed by atoms with Crippen molar-refractivity contribution in [3.05, 3.63) is 11.6 Å². The molecule has 1 saturated heterocycles. The predicted molar refractivity (Wildman–Crippen MR) is 64.1 cm³/mol. The minimum atomic E-state index is -0.243. The van der Waals surface area contributed by atoms with E-state index in [9.17, 15) is 4.79 Å². The Labute approximate surface area is 95.6 Å². The summed E-state index contributed by atoms with van der Waals surface area (Å²) in [6.45, 7) is 3.56. The van der Waals surface area contributed by atoms with Crippen LogP contribution in [0, 0.1) is 0 Å². The van der Waals surface area contributed by atoms with E-state index in [4.69, 9.17) is 0 Å². The molecule has 1 heterocycles. The highest BCUT2D eigenvalue weighted by Gasteiger charge is 2.14. The van der Waals surface area contributed by atoms with Crippen LogP contribution in [0.15, 0.2) is 11.6 Å². The summed E-state index contributed by atoms with van der Waals surface area (Å²) in [6, 6.07) is 0. The van der Waals surface area contributed by atoms with Gasteiger partial charge in [-0.2, -0.15) is 11.8 Å². The van der Waals surface area contributed by atoms with Crippen LogP contribution in [0.4, 0.5) is 0 Å². The number of ether oxygens (including phenoxy) is 1. The molecule has 0 saturated carbocycles. The van der Waals surface area contributed by atoms with Gasteiger partial charge in [-0.1, -0.05) is 6.08 Å². The quantitative estimate of drug-likeness (QED) is 0.441. The highest BCUT2D eigenvalue weighted by atomic mass is 32.2. The van der Waals surface area contributed by atoms with Gasteiger partial charge in [0, 0.05) is 23.9 Å². The zero-order valence-corrected chi connectivity index (χ0v) is 10.2. The average molecular weight is 229 g/mol. The van der Waals surface area contributed by atoms with Crippen molar-refractivity contribution in [2.75, 3.05) is 26.0 Å². The van der Waals surface area contributed by atoms with Crippen molar-refractivity contribution in [3.8, 4) is 0 Å². The molecule has 1 aliphatic heterocycles. The molecule has 0 amide bonds. The Morgan fingerprint density at radius 3 is 3.07 bits per heavy atom. The van der Waals surface area contributed by atoms with Gasteiger partial charge in [0.15, 0.2) is 0 Å². The molecule has 15 heavy (non-hydrogen) atoms. The lowest BCUT2D eigenvalue weighted by Gasteiger charge is -2.08. The fourth-order valence-corrected chi connectivity index (χ4v) is 2.75. The van der Waals surface area contributed by atoms with Crippen molar-refractivity contribution >= 4 is 17.7 Å². The summed E-state index contributed by atoms with van der Waals surface area (Å²) in [7, 11) is 1.41. The summed E-state index contributed by atoms with van der Waals surface area (Å²) in [4.78, 5) is 11.0. The summed E-state index contributed by atoms with van der Waals surface area (Å²) in [5, 5.41) is 4.09. The number of nitrogens with one attached hydrogen (secondary N) is 1. The van der Waals surface area contributed by atoms with Crippen molar-refractivity contribution in [1.29, 1.82) is 0 Å². The Balaban J connectivity index is 2.11. The van der Waals surface area contributed by atoms with Gasteiger partial charge in [-0.05, 0) is 25.5 Å². The lowest BCUT2D eigenvalue weighted by molar-refractivity contribution is -0.136. The van der Waals surface area contributed by atoms with Crippen molar-refractivity contribution in [2.24, 2.45) is 0 Å². The first-order chi connectivity index (χ1) is 7.24. The highest BCUT2D eigenvalue weighted by molar-refractivity contribution is 8.00.